The lowest BCUT2D eigenvalue weighted by molar-refractivity contribution is 0.340. The van der Waals surface area contributed by atoms with Crippen molar-refractivity contribution in [3.63, 3.8) is 0 Å². The van der Waals surface area contributed by atoms with E-state index in [4.69, 9.17) is 10.7 Å². The quantitative estimate of drug-likeness (QED) is 0.845. The second kappa shape index (κ2) is 5.00. The van der Waals surface area contributed by atoms with E-state index in [2.05, 4.69) is 18.9 Å². The van der Waals surface area contributed by atoms with Crippen LogP contribution in [0.1, 0.15) is 32.6 Å². The van der Waals surface area contributed by atoms with Crippen LogP contribution in [0.4, 0.5) is 10.8 Å². The van der Waals surface area contributed by atoms with Crippen molar-refractivity contribution in [3.8, 4) is 0 Å². The fourth-order valence-corrected chi connectivity index (χ4v) is 3.91. The average Bonchev–Trinajstić information content (AvgIpc) is 2.81. The molecule has 2 N–H and O–H groups in total. The maximum Gasteiger partial charge on any atom is 0.186 e. The second-order valence-electron chi connectivity index (χ2n) is 5.75. The summed E-state index contributed by atoms with van der Waals surface area (Å²) in [5, 5.41) is 1.13. The number of hydrogen-bond acceptors (Lipinski definition) is 4. The summed E-state index contributed by atoms with van der Waals surface area (Å²) in [5.41, 5.74) is 7.71. The van der Waals surface area contributed by atoms with Gasteiger partial charge in [-0.25, -0.2) is 4.98 Å². The maximum atomic E-state index is 5.83. The number of rotatable bonds is 2. The zero-order chi connectivity index (χ0) is 13.4. The summed E-state index contributed by atoms with van der Waals surface area (Å²) >= 11 is 1.75. The van der Waals surface area contributed by atoms with E-state index in [0.717, 1.165) is 22.3 Å². The molecule has 19 heavy (non-hydrogen) atoms. The van der Waals surface area contributed by atoms with Crippen molar-refractivity contribution in [1.82, 2.24) is 4.98 Å². The van der Waals surface area contributed by atoms with Gasteiger partial charge < -0.3 is 10.6 Å². The minimum Gasteiger partial charge on any atom is -0.399 e. The van der Waals surface area contributed by atoms with Crippen LogP contribution in [-0.2, 0) is 0 Å². The predicted octanol–water partition coefficient (Wildman–Crippen LogP) is 3.89. The van der Waals surface area contributed by atoms with Gasteiger partial charge in [-0.2, -0.15) is 0 Å². The molecule has 1 aromatic carbocycles. The molecule has 0 saturated heterocycles. The van der Waals surface area contributed by atoms with Crippen LogP contribution in [-0.4, -0.2) is 18.1 Å². The van der Waals surface area contributed by atoms with Crippen LogP contribution < -0.4 is 10.6 Å². The number of aromatic nitrogens is 1. The van der Waals surface area contributed by atoms with E-state index in [1.807, 2.05) is 18.2 Å². The van der Waals surface area contributed by atoms with Crippen LogP contribution in [0.25, 0.3) is 10.2 Å². The first kappa shape index (κ1) is 12.7. The molecule has 1 aromatic heterocycles. The second-order valence-corrected chi connectivity index (χ2v) is 6.76. The Bertz CT molecular complexity index is 570. The van der Waals surface area contributed by atoms with Crippen molar-refractivity contribution in [2.45, 2.75) is 38.6 Å². The monoisotopic (exact) mass is 275 g/mol. The van der Waals surface area contributed by atoms with Gasteiger partial charge in [0.2, 0.25) is 0 Å². The Labute approximate surface area is 118 Å². The highest BCUT2D eigenvalue weighted by atomic mass is 32.1. The van der Waals surface area contributed by atoms with Gasteiger partial charge in [-0.15, -0.1) is 0 Å². The standard InChI is InChI=1S/C15H21N3S/c1-10-3-6-12(7-4-10)18(2)15-17-13-8-5-11(16)9-14(13)19-15/h5,8-10,12H,3-4,6-7,16H2,1-2H3. The zero-order valence-corrected chi connectivity index (χ0v) is 12.4. The third-order valence-electron chi connectivity index (χ3n) is 4.24. The molecule has 0 radical (unpaired) electrons. The van der Waals surface area contributed by atoms with Crippen LogP contribution in [0.15, 0.2) is 18.2 Å². The van der Waals surface area contributed by atoms with Gasteiger partial charge in [0.25, 0.3) is 0 Å². The molecule has 0 spiro atoms. The number of thiazole rings is 1. The highest BCUT2D eigenvalue weighted by molar-refractivity contribution is 7.22. The molecule has 0 unspecified atom stereocenters. The fraction of sp³-hybridized carbons (Fsp3) is 0.533. The Morgan fingerprint density at radius 3 is 2.74 bits per heavy atom. The molecule has 0 atom stereocenters. The van der Waals surface area contributed by atoms with Gasteiger partial charge in [-0.05, 0) is 49.8 Å². The van der Waals surface area contributed by atoms with E-state index >= 15 is 0 Å². The van der Waals surface area contributed by atoms with Gasteiger partial charge in [0.1, 0.15) is 0 Å². The largest absolute Gasteiger partial charge is 0.399 e. The van der Waals surface area contributed by atoms with Crippen LogP contribution >= 0.6 is 11.3 Å². The summed E-state index contributed by atoms with van der Waals surface area (Å²) in [6, 6.07) is 6.61. The number of fused-ring (bicyclic) bond motifs is 1. The van der Waals surface area contributed by atoms with Crippen LogP contribution in [0.5, 0.6) is 0 Å². The van der Waals surface area contributed by atoms with Gasteiger partial charge in [0.15, 0.2) is 5.13 Å². The van der Waals surface area contributed by atoms with Crippen molar-refractivity contribution in [3.05, 3.63) is 18.2 Å². The first-order chi connectivity index (χ1) is 9.13. The Hall–Kier alpha value is -1.29. The SMILES string of the molecule is CC1CCC(N(C)c2nc3ccc(N)cc3s2)CC1. The van der Waals surface area contributed by atoms with Crippen LogP contribution in [0.2, 0.25) is 0 Å². The molecule has 1 heterocycles. The van der Waals surface area contributed by atoms with Crippen LogP contribution in [0, 0.1) is 5.92 Å². The Kier molecular flexibility index (Phi) is 3.35. The molecule has 102 valence electrons. The summed E-state index contributed by atoms with van der Waals surface area (Å²) in [7, 11) is 2.18. The van der Waals surface area contributed by atoms with Gasteiger partial charge in [-0.3, -0.25) is 0 Å². The third kappa shape index (κ3) is 2.54. The highest BCUT2D eigenvalue weighted by Crippen LogP contribution is 2.34. The van der Waals surface area contributed by atoms with E-state index in [1.165, 1.54) is 30.4 Å². The minimum atomic E-state index is 0.647. The number of nitrogens with two attached hydrogens (primary N) is 1. The smallest absolute Gasteiger partial charge is 0.186 e. The summed E-state index contributed by atoms with van der Waals surface area (Å²) in [6.45, 7) is 2.36. The van der Waals surface area contributed by atoms with Crippen molar-refractivity contribution >= 4 is 32.4 Å². The Balaban J connectivity index is 1.83. The number of hydrogen-bond donors (Lipinski definition) is 1. The summed E-state index contributed by atoms with van der Waals surface area (Å²) < 4.78 is 1.19. The first-order valence-electron chi connectivity index (χ1n) is 7.02. The lowest BCUT2D eigenvalue weighted by atomic mass is 9.87. The molecule has 1 aliphatic carbocycles. The molecule has 0 bridgehead atoms. The summed E-state index contributed by atoms with van der Waals surface area (Å²) in [6.07, 6.45) is 5.26. The number of nitrogen functional groups attached to an aromatic ring is 1. The molecule has 1 fully saturated rings. The van der Waals surface area contributed by atoms with Crippen molar-refractivity contribution in [2.75, 3.05) is 17.7 Å². The lowest BCUT2D eigenvalue weighted by Crippen LogP contribution is -2.34. The lowest BCUT2D eigenvalue weighted by Gasteiger charge is -2.33. The first-order valence-corrected chi connectivity index (χ1v) is 7.84. The minimum absolute atomic E-state index is 0.647. The molecule has 1 aliphatic rings. The topological polar surface area (TPSA) is 42.2 Å². The van der Waals surface area contributed by atoms with E-state index in [1.54, 1.807) is 11.3 Å². The van der Waals surface area contributed by atoms with Crippen molar-refractivity contribution in [2.24, 2.45) is 5.92 Å². The number of nitrogens with zero attached hydrogens (tertiary/aromatic N) is 2. The van der Waals surface area contributed by atoms with Gasteiger partial charge in [0, 0.05) is 18.8 Å². The van der Waals surface area contributed by atoms with Gasteiger partial charge in [-0.1, -0.05) is 18.3 Å². The number of benzene rings is 1. The van der Waals surface area contributed by atoms with Crippen molar-refractivity contribution < 1.29 is 0 Å². The molecule has 0 aliphatic heterocycles. The summed E-state index contributed by atoms with van der Waals surface area (Å²) in [5.74, 6) is 0.889. The molecular weight excluding hydrogens is 254 g/mol. The molecule has 0 amide bonds. The van der Waals surface area contributed by atoms with E-state index in [-0.39, 0.29) is 0 Å². The fourth-order valence-electron chi connectivity index (χ4n) is 2.87. The summed E-state index contributed by atoms with van der Waals surface area (Å²) in [4.78, 5) is 7.10. The number of anilines is 2. The third-order valence-corrected chi connectivity index (χ3v) is 5.34. The molecule has 3 nitrogen and oxygen atoms in total. The molecule has 4 heteroatoms. The predicted molar refractivity (Wildman–Crippen MR) is 83.9 cm³/mol. The molecule has 2 aromatic rings. The molecule has 3 rings (SSSR count). The Morgan fingerprint density at radius 1 is 1.26 bits per heavy atom. The van der Waals surface area contributed by atoms with Gasteiger partial charge >= 0.3 is 0 Å². The van der Waals surface area contributed by atoms with Crippen LogP contribution in [0.3, 0.4) is 0 Å². The maximum absolute atomic E-state index is 5.83. The highest BCUT2D eigenvalue weighted by Gasteiger charge is 2.23. The van der Waals surface area contributed by atoms with E-state index in [0.29, 0.717) is 6.04 Å². The van der Waals surface area contributed by atoms with Crippen molar-refractivity contribution in [1.29, 1.82) is 0 Å². The molecule has 1 saturated carbocycles. The molecular formula is C15H21N3S. The van der Waals surface area contributed by atoms with E-state index < -0.39 is 0 Å². The zero-order valence-electron chi connectivity index (χ0n) is 11.6. The average molecular weight is 275 g/mol. The van der Waals surface area contributed by atoms with E-state index in [9.17, 15) is 0 Å². The van der Waals surface area contributed by atoms with Gasteiger partial charge in [0.05, 0.1) is 10.2 Å². The Morgan fingerprint density at radius 2 is 2.00 bits per heavy atom. The normalized spacial score (nSPS) is 23.7.